The van der Waals surface area contributed by atoms with Crippen LogP contribution in [0.15, 0.2) is 4.42 Å². The molecule has 15 heavy (non-hydrogen) atoms. The molecule has 0 aromatic carbocycles. The van der Waals surface area contributed by atoms with Crippen molar-refractivity contribution in [3.63, 3.8) is 0 Å². The lowest BCUT2D eigenvalue weighted by Gasteiger charge is -2.29. The van der Waals surface area contributed by atoms with Crippen LogP contribution in [-0.4, -0.2) is 22.3 Å². The Morgan fingerprint density at radius 2 is 2.20 bits per heavy atom. The monoisotopic (exact) mass is 229 g/mol. The van der Waals surface area contributed by atoms with Crippen molar-refractivity contribution in [3.8, 4) is 0 Å². The molecule has 0 amide bonds. The first-order valence-corrected chi connectivity index (χ1v) is 5.69. The van der Waals surface area contributed by atoms with Crippen LogP contribution in [0.3, 0.4) is 0 Å². The van der Waals surface area contributed by atoms with Gasteiger partial charge in [0.25, 0.3) is 0 Å². The Labute approximate surface area is 94.6 Å². The Balaban J connectivity index is 2.22. The van der Waals surface area contributed by atoms with E-state index in [1.165, 1.54) is 6.42 Å². The van der Waals surface area contributed by atoms with Gasteiger partial charge in [-0.25, -0.2) is 0 Å². The lowest BCUT2D eigenvalue weighted by molar-refractivity contribution is 0.439. The van der Waals surface area contributed by atoms with Gasteiger partial charge >= 0.3 is 6.01 Å². The fourth-order valence-electron chi connectivity index (χ4n) is 1.96. The van der Waals surface area contributed by atoms with Crippen molar-refractivity contribution in [2.45, 2.75) is 44.5 Å². The number of anilines is 1. The predicted molar refractivity (Wildman–Crippen MR) is 59.2 cm³/mol. The van der Waals surface area contributed by atoms with E-state index in [0.29, 0.717) is 11.9 Å². The summed E-state index contributed by atoms with van der Waals surface area (Å²) in [6.07, 6.45) is 2.32. The maximum absolute atomic E-state index is 5.88. The quantitative estimate of drug-likeness (QED) is 0.732. The van der Waals surface area contributed by atoms with E-state index in [1.807, 2.05) is 6.92 Å². The van der Waals surface area contributed by atoms with Crippen LogP contribution in [0.1, 0.15) is 44.9 Å². The first kappa shape index (κ1) is 10.7. The lowest BCUT2D eigenvalue weighted by atomic mass is 10.0. The molecule has 1 atom stereocenters. The highest BCUT2D eigenvalue weighted by Gasteiger charge is 2.35. The average molecular weight is 230 g/mol. The molecule has 1 unspecified atom stereocenters. The molecule has 4 nitrogen and oxygen atoms in total. The van der Waals surface area contributed by atoms with Crippen molar-refractivity contribution >= 4 is 17.6 Å². The van der Waals surface area contributed by atoms with Crippen molar-refractivity contribution in [1.82, 2.24) is 10.2 Å². The molecule has 84 valence electrons. The van der Waals surface area contributed by atoms with Crippen molar-refractivity contribution in [2.24, 2.45) is 0 Å². The van der Waals surface area contributed by atoms with Crippen LogP contribution in [0.2, 0.25) is 0 Å². The summed E-state index contributed by atoms with van der Waals surface area (Å²) in [5, 5.41) is 7.75. The minimum atomic E-state index is -0.225. The van der Waals surface area contributed by atoms with Crippen LogP contribution in [0.5, 0.6) is 0 Å². The molecule has 1 aliphatic heterocycles. The smallest absolute Gasteiger partial charge is 0.318 e. The molecular formula is C10H16ClN3O. The van der Waals surface area contributed by atoms with Crippen molar-refractivity contribution < 1.29 is 4.42 Å². The third kappa shape index (κ3) is 1.95. The molecule has 0 saturated carbocycles. The fraction of sp³-hybridized carbons (Fsp3) is 0.800. The van der Waals surface area contributed by atoms with Gasteiger partial charge in [-0.05, 0) is 33.6 Å². The summed E-state index contributed by atoms with van der Waals surface area (Å²) in [7, 11) is 0. The summed E-state index contributed by atoms with van der Waals surface area (Å²) in [4.78, 5) is 2.16. The molecule has 5 heteroatoms. The van der Waals surface area contributed by atoms with Crippen LogP contribution >= 0.6 is 11.6 Å². The van der Waals surface area contributed by atoms with Gasteiger partial charge in [0, 0.05) is 12.1 Å². The molecule has 0 N–H and O–H groups in total. The molecular weight excluding hydrogens is 214 g/mol. The summed E-state index contributed by atoms with van der Waals surface area (Å²) in [5.41, 5.74) is 0.110. The van der Waals surface area contributed by atoms with E-state index >= 15 is 0 Å². The van der Waals surface area contributed by atoms with Gasteiger partial charge in [0.1, 0.15) is 5.38 Å². The van der Waals surface area contributed by atoms with E-state index in [0.717, 1.165) is 13.0 Å². The second kappa shape index (κ2) is 3.67. The van der Waals surface area contributed by atoms with Gasteiger partial charge in [0.05, 0.1) is 0 Å². The lowest BCUT2D eigenvalue weighted by Crippen LogP contribution is -2.38. The van der Waals surface area contributed by atoms with Gasteiger partial charge < -0.3 is 9.32 Å². The minimum absolute atomic E-state index is 0.110. The van der Waals surface area contributed by atoms with Crippen molar-refractivity contribution in [2.75, 3.05) is 11.4 Å². The van der Waals surface area contributed by atoms with E-state index < -0.39 is 0 Å². The van der Waals surface area contributed by atoms with Crippen molar-refractivity contribution in [3.05, 3.63) is 5.89 Å². The maximum atomic E-state index is 5.88. The average Bonchev–Trinajstić information content (AvgIpc) is 2.69. The van der Waals surface area contributed by atoms with E-state index in [2.05, 4.69) is 28.9 Å². The normalized spacial score (nSPS) is 22.0. The van der Waals surface area contributed by atoms with Crippen LogP contribution in [-0.2, 0) is 0 Å². The van der Waals surface area contributed by atoms with E-state index in [4.69, 9.17) is 16.0 Å². The third-order valence-electron chi connectivity index (χ3n) is 2.90. The number of halogens is 1. The molecule has 0 aliphatic carbocycles. The van der Waals surface area contributed by atoms with Crippen LogP contribution in [0.4, 0.5) is 6.01 Å². The van der Waals surface area contributed by atoms with E-state index in [-0.39, 0.29) is 10.9 Å². The number of alkyl halides is 1. The second-order valence-corrected chi connectivity index (χ2v) is 5.26. The highest BCUT2D eigenvalue weighted by atomic mass is 35.5. The summed E-state index contributed by atoms with van der Waals surface area (Å²) in [6, 6.07) is 0.597. The Morgan fingerprint density at radius 1 is 1.47 bits per heavy atom. The zero-order chi connectivity index (χ0) is 11.1. The highest BCUT2D eigenvalue weighted by Crippen LogP contribution is 2.33. The minimum Gasteiger partial charge on any atom is -0.406 e. The van der Waals surface area contributed by atoms with E-state index in [1.54, 1.807) is 0 Å². The number of nitrogens with zero attached hydrogens (tertiary/aromatic N) is 3. The van der Waals surface area contributed by atoms with Crippen LogP contribution < -0.4 is 4.90 Å². The fourth-order valence-corrected chi connectivity index (χ4v) is 2.05. The Bertz CT molecular complexity index is 348. The Morgan fingerprint density at radius 3 is 2.67 bits per heavy atom. The first-order chi connectivity index (χ1) is 7.00. The summed E-state index contributed by atoms with van der Waals surface area (Å²) < 4.78 is 5.54. The standard InChI is InChI=1S/C10H16ClN3O/c1-7(11)8-12-13-9(15-8)14-6-4-5-10(14,2)3/h7H,4-6H2,1-3H3. The van der Waals surface area contributed by atoms with Gasteiger partial charge in [0.15, 0.2) is 0 Å². The number of rotatable bonds is 2. The van der Waals surface area contributed by atoms with Gasteiger partial charge in [0.2, 0.25) is 5.89 Å². The summed E-state index contributed by atoms with van der Waals surface area (Å²) >= 11 is 5.88. The second-order valence-electron chi connectivity index (χ2n) is 4.61. The Kier molecular flexibility index (Phi) is 2.63. The van der Waals surface area contributed by atoms with Gasteiger partial charge in [-0.15, -0.1) is 16.7 Å². The molecule has 1 aliphatic rings. The Hall–Kier alpha value is -0.770. The zero-order valence-corrected chi connectivity index (χ0v) is 10.1. The SMILES string of the molecule is CC(Cl)c1nnc(N2CCCC2(C)C)o1. The first-order valence-electron chi connectivity index (χ1n) is 5.26. The molecule has 1 aromatic rings. The number of hydrogen-bond acceptors (Lipinski definition) is 4. The summed E-state index contributed by atoms with van der Waals surface area (Å²) in [5.74, 6) is 0.495. The van der Waals surface area contributed by atoms with Gasteiger partial charge in [-0.2, -0.15) is 0 Å². The molecule has 0 bridgehead atoms. The molecule has 1 fully saturated rings. The van der Waals surface area contributed by atoms with Crippen molar-refractivity contribution in [1.29, 1.82) is 0 Å². The molecule has 0 spiro atoms. The third-order valence-corrected chi connectivity index (χ3v) is 3.09. The predicted octanol–water partition coefficient (Wildman–Crippen LogP) is 2.75. The molecule has 2 rings (SSSR count). The van der Waals surface area contributed by atoms with E-state index in [9.17, 15) is 0 Å². The van der Waals surface area contributed by atoms with Crippen LogP contribution in [0.25, 0.3) is 0 Å². The largest absolute Gasteiger partial charge is 0.406 e. The summed E-state index contributed by atoms with van der Waals surface area (Å²) in [6.45, 7) is 7.18. The topological polar surface area (TPSA) is 42.2 Å². The van der Waals surface area contributed by atoms with Crippen LogP contribution in [0, 0.1) is 0 Å². The molecule has 0 radical (unpaired) electrons. The number of hydrogen-bond donors (Lipinski definition) is 0. The highest BCUT2D eigenvalue weighted by molar-refractivity contribution is 6.20. The number of aromatic nitrogens is 2. The maximum Gasteiger partial charge on any atom is 0.318 e. The molecule has 1 aromatic heterocycles. The van der Waals surface area contributed by atoms with Gasteiger partial charge in [-0.1, -0.05) is 5.10 Å². The zero-order valence-electron chi connectivity index (χ0n) is 9.33. The molecule has 1 saturated heterocycles. The van der Waals surface area contributed by atoms with Gasteiger partial charge in [-0.3, -0.25) is 0 Å². The molecule has 2 heterocycles.